The number of hydrogen-bond acceptors (Lipinski definition) is 2. The van der Waals surface area contributed by atoms with Crippen LogP contribution in [0.4, 0.5) is 27.6 Å². The number of amides is 1. The predicted octanol–water partition coefficient (Wildman–Crippen LogP) is 3.99. The fourth-order valence-electron chi connectivity index (χ4n) is 1.76. The summed E-state index contributed by atoms with van der Waals surface area (Å²) in [4.78, 5) is 22.6. The normalized spacial score (nSPS) is 10.6. The van der Waals surface area contributed by atoms with E-state index in [4.69, 9.17) is 16.7 Å². The molecule has 0 spiro atoms. The van der Waals surface area contributed by atoms with Crippen molar-refractivity contribution in [2.75, 3.05) is 5.32 Å². The van der Waals surface area contributed by atoms with Crippen LogP contribution in [0.3, 0.4) is 0 Å². The van der Waals surface area contributed by atoms with Crippen LogP contribution in [0, 0.1) is 29.1 Å². The molecule has 4 nitrogen and oxygen atoms in total. The molecule has 24 heavy (non-hydrogen) atoms. The lowest BCUT2D eigenvalue weighted by Gasteiger charge is -2.10. The summed E-state index contributed by atoms with van der Waals surface area (Å²) in [7, 11) is 0. The maximum atomic E-state index is 13.5. The molecular formula is C14H5ClF5NO3. The molecule has 0 aliphatic carbocycles. The van der Waals surface area contributed by atoms with Crippen LogP contribution < -0.4 is 5.32 Å². The molecule has 2 aromatic rings. The summed E-state index contributed by atoms with van der Waals surface area (Å²) in [6.07, 6.45) is 0. The molecule has 2 rings (SSSR count). The Morgan fingerprint density at radius 1 is 0.917 bits per heavy atom. The zero-order valence-corrected chi connectivity index (χ0v) is 12.0. The third kappa shape index (κ3) is 3.02. The van der Waals surface area contributed by atoms with E-state index in [1.807, 2.05) is 5.32 Å². The van der Waals surface area contributed by atoms with Gasteiger partial charge in [0.25, 0.3) is 5.91 Å². The van der Waals surface area contributed by atoms with Gasteiger partial charge in [0.05, 0.1) is 10.6 Å². The van der Waals surface area contributed by atoms with Crippen molar-refractivity contribution in [3.63, 3.8) is 0 Å². The van der Waals surface area contributed by atoms with E-state index in [0.717, 1.165) is 18.2 Å². The van der Waals surface area contributed by atoms with Gasteiger partial charge in [0, 0.05) is 5.69 Å². The first-order valence-corrected chi connectivity index (χ1v) is 6.38. The number of carbonyl (C=O) groups is 2. The van der Waals surface area contributed by atoms with Crippen LogP contribution >= 0.6 is 11.6 Å². The fraction of sp³-hybridized carbons (Fsp3) is 0. The summed E-state index contributed by atoms with van der Waals surface area (Å²) in [6, 6.07) is 2.95. The van der Waals surface area contributed by atoms with Gasteiger partial charge in [-0.3, -0.25) is 4.79 Å². The van der Waals surface area contributed by atoms with Crippen LogP contribution in [-0.2, 0) is 0 Å². The van der Waals surface area contributed by atoms with Gasteiger partial charge in [-0.05, 0) is 18.2 Å². The Labute approximate surface area is 135 Å². The minimum Gasteiger partial charge on any atom is -0.478 e. The first-order chi connectivity index (χ1) is 11.1. The van der Waals surface area contributed by atoms with Crippen molar-refractivity contribution in [1.29, 1.82) is 0 Å². The molecule has 0 heterocycles. The zero-order chi connectivity index (χ0) is 18.2. The van der Waals surface area contributed by atoms with Crippen molar-refractivity contribution < 1.29 is 36.6 Å². The molecular weight excluding hydrogens is 361 g/mol. The smallest absolute Gasteiger partial charge is 0.337 e. The van der Waals surface area contributed by atoms with Crippen LogP contribution in [0.15, 0.2) is 18.2 Å². The Kier molecular flexibility index (Phi) is 4.74. The van der Waals surface area contributed by atoms with E-state index in [-0.39, 0.29) is 16.3 Å². The van der Waals surface area contributed by atoms with Crippen LogP contribution in [0.2, 0.25) is 5.02 Å². The van der Waals surface area contributed by atoms with Gasteiger partial charge in [-0.25, -0.2) is 26.7 Å². The van der Waals surface area contributed by atoms with Gasteiger partial charge in [-0.1, -0.05) is 11.6 Å². The highest BCUT2D eigenvalue weighted by atomic mass is 35.5. The molecule has 0 aromatic heterocycles. The number of anilines is 1. The molecule has 0 aliphatic rings. The standard InChI is InChI=1S/C14H5ClF5NO3/c15-6-3-4(1-2-5(6)14(23)24)21-13(22)7-8(16)10(18)12(20)11(19)9(7)17/h1-3H,(H,21,22)(H,23,24). The van der Waals surface area contributed by atoms with Crippen molar-refractivity contribution >= 4 is 29.2 Å². The predicted molar refractivity (Wildman–Crippen MR) is 72.6 cm³/mol. The Balaban J connectivity index is 2.41. The Bertz CT molecular complexity index is 843. The van der Waals surface area contributed by atoms with E-state index in [2.05, 4.69) is 0 Å². The second kappa shape index (κ2) is 6.44. The van der Waals surface area contributed by atoms with Gasteiger partial charge < -0.3 is 10.4 Å². The number of hydrogen-bond donors (Lipinski definition) is 2. The number of carboxylic acids is 1. The Hall–Kier alpha value is -2.68. The van der Waals surface area contributed by atoms with Gasteiger partial charge in [-0.2, -0.15) is 0 Å². The van der Waals surface area contributed by atoms with Crippen molar-refractivity contribution in [1.82, 2.24) is 0 Å². The summed E-state index contributed by atoms with van der Waals surface area (Å²) >= 11 is 5.64. The lowest BCUT2D eigenvalue weighted by molar-refractivity contribution is 0.0697. The topological polar surface area (TPSA) is 66.4 Å². The summed E-state index contributed by atoms with van der Waals surface area (Å²) in [5.41, 5.74) is -2.20. The van der Waals surface area contributed by atoms with Crippen LogP contribution in [0.1, 0.15) is 20.7 Å². The average molecular weight is 366 g/mol. The molecule has 2 aromatic carbocycles. The summed E-state index contributed by atoms with van der Waals surface area (Å²) in [5, 5.41) is 10.3. The first kappa shape index (κ1) is 17.7. The van der Waals surface area contributed by atoms with Crippen molar-refractivity contribution in [2.24, 2.45) is 0 Å². The van der Waals surface area contributed by atoms with E-state index in [9.17, 15) is 31.5 Å². The highest BCUT2D eigenvalue weighted by Crippen LogP contribution is 2.25. The number of nitrogens with one attached hydrogen (secondary N) is 1. The largest absolute Gasteiger partial charge is 0.478 e. The number of rotatable bonds is 3. The third-order valence-electron chi connectivity index (χ3n) is 2.89. The van der Waals surface area contributed by atoms with Crippen LogP contribution in [0.5, 0.6) is 0 Å². The second-order valence-electron chi connectivity index (χ2n) is 4.40. The maximum absolute atomic E-state index is 13.5. The minimum absolute atomic E-state index is 0.209. The summed E-state index contributed by atoms with van der Waals surface area (Å²) in [6.45, 7) is 0. The zero-order valence-electron chi connectivity index (χ0n) is 11.3. The molecule has 0 bridgehead atoms. The van der Waals surface area contributed by atoms with Gasteiger partial charge in [0.2, 0.25) is 5.82 Å². The summed E-state index contributed by atoms with van der Waals surface area (Å²) < 4.78 is 66.1. The molecule has 0 saturated carbocycles. The van der Waals surface area contributed by atoms with Gasteiger partial charge in [0.15, 0.2) is 23.3 Å². The highest BCUT2D eigenvalue weighted by Gasteiger charge is 2.29. The SMILES string of the molecule is O=C(O)c1ccc(NC(=O)c2c(F)c(F)c(F)c(F)c2F)cc1Cl. The lowest BCUT2D eigenvalue weighted by atomic mass is 10.1. The molecule has 0 fully saturated rings. The number of carboxylic acid groups (broad SMARTS) is 1. The first-order valence-electron chi connectivity index (χ1n) is 6.00. The monoisotopic (exact) mass is 365 g/mol. The molecule has 0 atom stereocenters. The van der Waals surface area contributed by atoms with Crippen molar-refractivity contribution in [3.05, 3.63) is 63.4 Å². The number of halogens is 6. The minimum atomic E-state index is -2.39. The maximum Gasteiger partial charge on any atom is 0.337 e. The molecule has 2 N–H and O–H groups in total. The van der Waals surface area contributed by atoms with Gasteiger partial charge in [-0.15, -0.1) is 0 Å². The third-order valence-corrected chi connectivity index (χ3v) is 3.21. The molecule has 126 valence electrons. The summed E-state index contributed by atoms with van der Waals surface area (Å²) in [5.74, 6) is -14.5. The number of aromatic carboxylic acids is 1. The Morgan fingerprint density at radius 3 is 1.88 bits per heavy atom. The number of carbonyl (C=O) groups excluding carboxylic acids is 1. The second-order valence-corrected chi connectivity index (χ2v) is 4.81. The van der Waals surface area contributed by atoms with Crippen LogP contribution in [0.25, 0.3) is 0 Å². The van der Waals surface area contributed by atoms with E-state index < -0.39 is 46.5 Å². The van der Waals surface area contributed by atoms with Crippen LogP contribution in [-0.4, -0.2) is 17.0 Å². The van der Waals surface area contributed by atoms with Crippen molar-refractivity contribution in [3.8, 4) is 0 Å². The average Bonchev–Trinajstić information content (AvgIpc) is 2.51. The van der Waals surface area contributed by atoms with Gasteiger partial charge in [0.1, 0.15) is 5.56 Å². The fourth-order valence-corrected chi connectivity index (χ4v) is 2.03. The quantitative estimate of drug-likeness (QED) is 0.491. The van der Waals surface area contributed by atoms with Crippen molar-refractivity contribution in [2.45, 2.75) is 0 Å². The molecule has 10 heteroatoms. The lowest BCUT2D eigenvalue weighted by Crippen LogP contribution is -2.19. The van der Waals surface area contributed by atoms with E-state index >= 15 is 0 Å². The van der Waals surface area contributed by atoms with E-state index in [0.29, 0.717) is 0 Å². The van der Waals surface area contributed by atoms with E-state index in [1.165, 1.54) is 0 Å². The molecule has 1 amide bonds. The highest BCUT2D eigenvalue weighted by molar-refractivity contribution is 6.33. The molecule has 0 saturated heterocycles. The molecule has 0 radical (unpaired) electrons. The molecule has 0 aliphatic heterocycles. The molecule has 0 unspecified atom stereocenters. The number of benzene rings is 2. The van der Waals surface area contributed by atoms with Gasteiger partial charge >= 0.3 is 5.97 Å². The Morgan fingerprint density at radius 2 is 1.42 bits per heavy atom. The van der Waals surface area contributed by atoms with E-state index in [1.54, 1.807) is 0 Å².